The van der Waals surface area contributed by atoms with Crippen LogP contribution in [0.3, 0.4) is 0 Å². The van der Waals surface area contributed by atoms with Crippen LogP contribution in [0.25, 0.3) is 5.57 Å². The highest BCUT2D eigenvalue weighted by Crippen LogP contribution is 2.17. The molecule has 0 radical (unpaired) electrons. The standard InChI is InChI=1S/C13H14N2O2/c1-15(2)9-12(13(16)17-3)11-6-4-5-10(7-11)8-14/h4-7,9H,1-3H3/b12-9+. The zero-order chi connectivity index (χ0) is 12.8. The topological polar surface area (TPSA) is 53.3 Å². The first-order chi connectivity index (χ1) is 8.08. The summed E-state index contributed by atoms with van der Waals surface area (Å²) in [5.41, 5.74) is 1.61. The van der Waals surface area contributed by atoms with Crippen molar-refractivity contribution in [3.05, 3.63) is 41.6 Å². The Bertz CT molecular complexity index is 484. The Labute approximate surface area is 101 Å². The third kappa shape index (κ3) is 3.35. The largest absolute Gasteiger partial charge is 0.465 e. The maximum Gasteiger partial charge on any atom is 0.339 e. The quantitative estimate of drug-likeness (QED) is 0.585. The van der Waals surface area contributed by atoms with Crippen LogP contribution in [0.15, 0.2) is 30.5 Å². The van der Waals surface area contributed by atoms with E-state index in [0.717, 1.165) is 0 Å². The van der Waals surface area contributed by atoms with E-state index in [2.05, 4.69) is 0 Å². The minimum atomic E-state index is -0.422. The molecule has 0 aliphatic rings. The molecule has 0 unspecified atom stereocenters. The highest BCUT2D eigenvalue weighted by molar-refractivity contribution is 6.16. The normalized spacial score (nSPS) is 10.6. The smallest absolute Gasteiger partial charge is 0.339 e. The van der Waals surface area contributed by atoms with E-state index in [1.54, 1.807) is 35.4 Å². The second-order valence-electron chi connectivity index (χ2n) is 3.69. The van der Waals surface area contributed by atoms with E-state index in [4.69, 9.17) is 10.00 Å². The summed E-state index contributed by atoms with van der Waals surface area (Å²) in [5.74, 6) is -0.422. The third-order valence-electron chi connectivity index (χ3n) is 2.10. The van der Waals surface area contributed by atoms with E-state index in [9.17, 15) is 4.79 Å². The number of carbonyl (C=O) groups excluding carboxylic acids is 1. The van der Waals surface area contributed by atoms with Crippen molar-refractivity contribution in [3.8, 4) is 6.07 Å². The highest BCUT2D eigenvalue weighted by Gasteiger charge is 2.13. The summed E-state index contributed by atoms with van der Waals surface area (Å²) in [6, 6.07) is 8.89. The van der Waals surface area contributed by atoms with Crippen molar-refractivity contribution < 1.29 is 9.53 Å². The fourth-order valence-corrected chi connectivity index (χ4v) is 1.37. The molecule has 0 aliphatic carbocycles. The Kier molecular flexibility index (Phi) is 4.29. The Balaban J connectivity index is 3.23. The van der Waals surface area contributed by atoms with Crippen LogP contribution in [0, 0.1) is 11.3 Å². The first-order valence-corrected chi connectivity index (χ1v) is 5.05. The molecule has 0 bridgehead atoms. The lowest BCUT2D eigenvalue weighted by Crippen LogP contribution is -2.10. The molecule has 0 spiro atoms. The second-order valence-corrected chi connectivity index (χ2v) is 3.69. The van der Waals surface area contributed by atoms with Gasteiger partial charge in [0.05, 0.1) is 24.3 Å². The molecule has 0 heterocycles. The van der Waals surface area contributed by atoms with Crippen LogP contribution in [-0.4, -0.2) is 32.1 Å². The maximum absolute atomic E-state index is 11.6. The summed E-state index contributed by atoms with van der Waals surface area (Å²) >= 11 is 0. The second kappa shape index (κ2) is 5.71. The predicted molar refractivity (Wildman–Crippen MR) is 64.8 cm³/mol. The van der Waals surface area contributed by atoms with Crippen LogP contribution in [0.5, 0.6) is 0 Å². The summed E-state index contributed by atoms with van der Waals surface area (Å²) in [7, 11) is 4.97. The predicted octanol–water partition coefficient (Wildman–Crippen LogP) is 1.63. The van der Waals surface area contributed by atoms with Crippen molar-refractivity contribution in [2.75, 3.05) is 21.2 Å². The van der Waals surface area contributed by atoms with Crippen LogP contribution in [-0.2, 0) is 9.53 Å². The maximum atomic E-state index is 11.6. The third-order valence-corrected chi connectivity index (χ3v) is 2.10. The Morgan fingerprint density at radius 2 is 2.18 bits per heavy atom. The molecular formula is C13H14N2O2. The zero-order valence-corrected chi connectivity index (χ0v) is 10.1. The average Bonchev–Trinajstić information content (AvgIpc) is 2.35. The van der Waals surface area contributed by atoms with Crippen LogP contribution in [0.4, 0.5) is 0 Å². The van der Waals surface area contributed by atoms with Crippen molar-refractivity contribution in [1.82, 2.24) is 4.90 Å². The first kappa shape index (κ1) is 12.8. The minimum Gasteiger partial charge on any atom is -0.465 e. The number of benzene rings is 1. The molecule has 0 aromatic heterocycles. The van der Waals surface area contributed by atoms with E-state index >= 15 is 0 Å². The van der Waals surface area contributed by atoms with Crippen LogP contribution in [0.1, 0.15) is 11.1 Å². The number of ether oxygens (including phenoxy) is 1. The van der Waals surface area contributed by atoms with Crippen molar-refractivity contribution in [2.45, 2.75) is 0 Å². The fraction of sp³-hybridized carbons (Fsp3) is 0.231. The Hall–Kier alpha value is -2.28. The molecule has 4 nitrogen and oxygen atoms in total. The summed E-state index contributed by atoms with van der Waals surface area (Å²) in [4.78, 5) is 13.4. The lowest BCUT2D eigenvalue weighted by molar-refractivity contribution is -0.133. The van der Waals surface area contributed by atoms with E-state index in [-0.39, 0.29) is 0 Å². The van der Waals surface area contributed by atoms with Gasteiger partial charge in [-0.3, -0.25) is 0 Å². The number of nitrogens with zero attached hydrogens (tertiary/aromatic N) is 2. The average molecular weight is 230 g/mol. The summed E-state index contributed by atoms with van der Waals surface area (Å²) in [6.07, 6.45) is 1.67. The van der Waals surface area contributed by atoms with Gasteiger partial charge in [0.25, 0.3) is 0 Å². The van der Waals surface area contributed by atoms with Crippen LogP contribution < -0.4 is 0 Å². The lowest BCUT2D eigenvalue weighted by Gasteiger charge is -2.10. The van der Waals surface area contributed by atoms with Crippen molar-refractivity contribution in [2.24, 2.45) is 0 Å². The Morgan fingerprint density at radius 1 is 1.47 bits per heavy atom. The monoisotopic (exact) mass is 230 g/mol. The van der Waals surface area contributed by atoms with Gasteiger partial charge in [0.15, 0.2) is 0 Å². The van der Waals surface area contributed by atoms with E-state index in [1.807, 2.05) is 20.2 Å². The molecule has 4 heteroatoms. The molecule has 1 rings (SSSR count). The van der Waals surface area contributed by atoms with E-state index < -0.39 is 5.97 Å². The van der Waals surface area contributed by atoms with Gasteiger partial charge in [-0.2, -0.15) is 5.26 Å². The number of rotatable bonds is 3. The van der Waals surface area contributed by atoms with Gasteiger partial charge in [0.2, 0.25) is 0 Å². The highest BCUT2D eigenvalue weighted by atomic mass is 16.5. The number of hydrogen-bond acceptors (Lipinski definition) is 4. The SMILES string of the molecule is COC(=O)/C(=C/N(C)C)c1cccc(C#N)c1. The van der Waals surface area contributed by atoms with Gasteiger partial charge < -0.3 is 9.64 Å². The molecule has 0 saturated carbocycles. The van der Waals surface area contributed by atoms with Gasteiger partial charge in [-0.25, -0.2) is 4.79 Å². The van der Waals surface area contributed by atoms with Crippen molar-refractivity contribution >= 4 is 11.5 Å². The zero-order valence-electron chi connectivity index (χ0n) is 10.1. The van der Waals surface area contributed by atoms with Crippen LogP contribution >= 0.6 is 0 Å². The summed E-state index contributed by atoms with van der Waals surface area (Å²) in [5, 5.41) is 8.83. The van der Waals surface area contributed by atoms with Gasteiger partial charge in [0, 0.05) is 20.3 Å². The Morgan fingerprint density at radius 3 is 2.71 bits per heavy atom. The molecule has 0 atom stereocenters. The molecule has 88 valence electrons. The molecule has 1 aromatic carbocycles. The van der Waals surface area contributed by atoms with E-state index in [0.29, 0.717) is 16.7 Å². The molecule has 0 aliphatic heterocycles. The molecule has 1 aromatic rings. The molecule has 0 N–H and O–H groups in total. The number of esters is 1. The number of hydrogen-bond donors (Lipinski definition) is 0. The molecule has 0 saturated heterocycles. The van der Waals surface area contributed by atoms with Gasteiger partial charge in [-0.1, -0.05) is 12.1 Å². The summed E-state index contributed by atoms with van der Waals surface area (Å²) in [6.45, 7) is 0. The van der Waals surface area contributed by atoms with Crippen molar-refractivity contribution in [1.29, 1.82) is 5.26 Å². The van der Waals surface area contributed by atoms with Crippen molar-refractivity contribution in [3.63, 3.8) is 0 Å². The number of methoxy groups -OCH3 is 1. The summed E-state index contributed by atoms with van der Waals surface area (Å²) < 4.78 is 4.72. The van der Waals surface area contributed by atoms with Gasteiger partial charge >= 0.3 is 5.97 Å². The van der Waals surface area contributed by atoms with Gasteiger partial charge in [-0.05, 0) is 17.7 Å². The first-order valence-electron chi connectivity index (χ1n) is 5.05. The molecule has 0 amide bonds. The van der Waals surface area contributed by atoms with Gasteiger partial charge in [0.1, 0.15) is 0 Å². The minimum absolute atomic E-state index is 0.422. The van der Waals surface area contributed by atoms with E-state index in [1.165, 1.54) is 7.11 Å². The van der Waals surface area contributed by atoms with Gasteiger partial charge in [-0.15, -0.1) is 0 Å². The van der Waals surface area contributed by atoms with Crippen LogP contribution in [0.2, 0.25) is 0 Å². The lowest BCUT2D eigenvalue weighted by atomic mass is 10.0. The number of nitriles is 1. The molecule has 17 heavy (non-hydrogen) atoms. The molecular weight excluding hydrogens is 216 g/mol. The molecule has 0 fully saturated rings. The fourth-order valence-electron chi connectivity index (χ4n) is 1.37. The number of carbonyl (C=O) groups is 1.